The minimum Gasteiger partial charge on any atom is -0.240 e. The van der Waals surface area contributed by atoms with E-state index < -0.39 is 21.8 Å². The third-order valence-corrected chi connectivity index (χ3v) is 4.75. The summed E-state index contributed by atoms with van der Waals surface area (Å²) in [7, 11) is -2.70. The number of aromatic nitrogens is 2. The van der Waals surface area contributed by atoms with Crippen molar-refractivity contribution in [1.29, 1.82) is 5.26 Å². The predicted molar refractivity (Wildman–Crippen MR) is 74.0 cm³/mol. The highest BCUT2D eigenvalue weighted by Crippen LogP contribution is 2.30. The van der Waals surface area contributed by atoms with Crippen LogP contribution in [0.15, 0.2) is 41.6 Å². The van der Waals surface area contributed by atoms with Gasteiger partial charge in [-0.15, -0.1) is 0 Å². The highest BCUT2D eigenvalue weighted by atomic mass is 32.2. The molecular formula is C13H11F3N4O2S. The molecule has 2 aromatic rings. The first kappa shape index (κ1) is 17.0. The molecule has 0 amide bonds. The molecule has 0 aliphatic heterocycles. The van der Waals surface area contributed by atoms with Gasteiger partial charge in [0.25, 0.3) is 0 Å². The first-order valence-electron chi connectivity index (χ1n) is 6.22. The first-order valence-corrected chi connectivity index (χ1v) is 7.66. The molecule has 122 valence electrons. The fourth-order valence-corrected chi connectivity index (χ4v) is 2.77. The Labute approximate surface area is 130 Å². The van der Waals surface area contributed by atoms with Crippen molar-refractivity contribution in [2.75, 3.05) is 13.6 Å². The summed E-state index contributed by atoms with van der Waals surface area (Å²) in [4.78, 5) is -0.215. The van der Waals surface area contributed by atoms with Crippen LogP contribution in [-0.4, -0.2) is 36.1 Å². The highest BCUT2D eigenvalue weighted by Gasteiger charge is 2.30. The Balaban J connectivity index is 2.39. The minimum atomic E-state index is -4.51. The zero-order valence-corrected chi connectivity index (χ0v) is 12.6. The molecule has 1 heterocycles. The van der Waals surface area contributed by atoms with Gasteiger partial charge in [0.05, 0.1) is 29.7 Å². The fourth-order valence-electron chi connectivity index (χ4n) is 1.77. The summed E-state index contributed by atoms with van der Waals surface area (Å²) >= 11 is 0. The molecule has 0 spiro atoms. The molecular weight excluding hydrogens is 333 g/mol. The molecule has 1 aromatic carbocycles. The van der Waals surface area contributed by atoms with Gasteiger partial charge in [0.2, 0.25) is 10.0 Å². The number of benzene rings is 1. The van der Waals surface area contributed by atoms with E-state index in [-0.39, 0.29) is 17.1 Å². The summed E-state index contributed by atoms with van der Waals surface area (Å²) in [6.45, 7) is -0.350. The number of halogens is 3. The van der Waals surface area contributed by atoms with Crippen LogP contribution in [0, 0.1) is 11.3 Å². The van der Waals surface area contributed by atoms with E-state index in [2.05, 4.69) is 5.10 Å². The van der Waals surface area contributed by atoms with E-state index in [1.165, 1.54) is 19.2 Å². The molecule has 1 aromatic heterocycles. The molecule has 0 unspecified atom stereocenters. The second-order valence-electron chi connectivity index (χ2n) is 4.59. The van der Waals surface area contributed by atoms with Crippen LogP contribution in [0.25, 0.3) is 5.69 Å². The summed E-state index contributed by atoms with van der Waals surface area (Å²) in [5.74, 6) is 0. The number of alkyl halides is 3. The van der Waals surface area contributed by atoms with Gasteiger partial charge in [-0.2, -0.15) is 27.8 Å². The molecule has 10 heteroatoms. The van der Waals surface area contributed by atoms with E-state index in [4.69, 9.17) is 5.26 Å². The average molecular weight is 344 g/mol. The minimum absolute atomic E-state index is 0.0733. The maximum Gasteiger partial charge on any atom is 0.416 e. The van der Waals surface area contributed by atoms with Crippen molar-refractivity contribution in [3.8, 4) is 11.8 Å². The zero-order valence-electron chi connectivity index (χ0n) is 11.8. The largest absolute Gasteiger partial charge is 0.416 e. The number of sulfonamides is 1. The Morgan fingerprint density at radius 1 is 1.39 bits per heavy atom. The molecule has 0 aliphatic rings. The third-order valence-electron chi connectivity index (χ3n) is 3.00. The topological polar surface area (TPSA) is 79.0 Å². The maximum absolute atomic E-state index is 12.7. The Morgan fingerprint density at radius 2 is 2.09 bits per heavy atom. The van der Waals surface area contributed by atoms with E-state index in [1.54, 1.807) is 6.07 Å². The molecule has 0 aliphatic carbocycles. The maximum atomic E-state index is 12.7. The van der Waals surface area contributed by atoms with E-state index in [0.29, 0.717) is 0 Å². The van der Waals surface area contributed by atoms with Gasteiger partial charge < -0.3 is 0 Å². The van der Waals surface area contributed by atoms with E-state index in [1.807, 2.05) is 0 Å². The third kappa shape index (κ3) is 3.52. The summed E-state index contributed by atoms with van der Waals surface area (Å²) < 4.78 is 64.2. The Hall–Kier alpha value is -2.38. The standard InChI is InChI=1S/C13H11F3N4O2S/c1-19(6-5-17)23(21,22)12-8-18-20(9-12)11-4-2-3-10(7-11)13(14,15)16/h2-4,7-9H,6H2,1H3. The highest BCUT2D eigenvalue weighted by molar-refractivity contribution is 7.89. The number of hydrogen-bond acceptors (Lipinski definition) is 4. The van der Waals surface area contributed by atoms with Crippen LogP contribution in [0.3, 0.4) is 0 Å². The van der Waals surface area contributed by atoms with Crippen molar-refractivity contribution in [1.82, 2.24) is 14.1 Å². The summed E-state index contributed by atoms with van der Waals surface area (Å²) in [6, 6.07) is 6.05. The molecule has 0 saturated heterocycles. The molecule has 0 bridgehead atoms. The van der Waals surface area contributed by atoms with Gasteiger partial charge in [-0.3, -0.25) is 0 Å². The van der Waals surface area contributed by atoms with Crippen LogP contribution < -0.4 is 0 Å². The predicted octanol–water partition coefficient (Wildman–Crippen LogP) is 2.04. The number of nitriles is 1. The van der Waals surface area contributed by atoms with Crippen molar-refractivity contribution >= 4 is 10.0 Å². The monoisotopic (exact) mass is 344 g/mol. The van der Waals surface area contributed by atoms with Gasteiger partial charge in [-0.1, -0.05) is 6.07 Å². The number of hydrogen-bond donors (Lipinski definition) is 0. The molecule has 6 nitrogen and oxygen atoms in total. The van der Waals surface area contributed by atoms with E-state index in [0.717, 1.165) is 33.5 Å². The van der Waals surface area contributed by atoms with Gasteiger partial charge in [0, 0.05) is 7.05 Å². The Morgan fingerprint density at radius 3 is 2.70 bits per heavy atom. The lowest BCUT2D eigenvalue weighted by atomic mass is 10.2. The lowest BCUT2D eigenvalue weighted by Gasteiger charge is -2.11. The second-order valence-corrected chi connectivity index (χ2v) is 6.63. The number of rotatable bonds is 4. The normalized spacial score (nSPS) is 12.3. The molecule has 0 N–H and O–H groups in total. The van der Waals surface area contributed by atoms with E-state index >= 15 is 0 Å². The summed E-state index contributed by atoms with van der Waals surface area (Å²) in [5.41, 5.74) is -0.791. The van der Waals surface area contributed by atoms with Crippen molar-refractivity contribution in [3.63, 3.8) is 0 Å². The van der Waals surface area contributed by atoms with Crippen LogP contribution >= 0.6 is 0 Å². The van der Waals surface area contributed by atoms with Gasteiger partial charge >= 0.3 is 6.18 Å². The molecule has 0 saturated carbocycles. The molecule has 0 fully saturated rings. The number of nitrogens with zero attached hydrogens (tertiary/aromatic N) is 4. The quantitative estimate of drug-likeness (QED) is 0.795. The van der Waals surface area contributed by atoms with Crippen LogP contribution in [0.1, 0.15) is 5.56 Å². The summed E-state index contributed by atoms with van der Waals surface area (Å²) in [5, 5.41) is 12.3. The van der Waals surface area contributed by atoms with E-state index in [9.17, 15) is 21.6 Å². The smallest absolute Gasteiger partial charge is 0.240 e. The van der Waals surface area contributed by atoms with Crippen molar-refractivity contribution < 1.29 is 21.6 Å². The molecule has 0 atom stereocenters. The Bertz CT molecular complexity index is 853. The average Bonchev–Trinajstić information content (AvgIpc) is 2.97. The second kappa shape index (κ2) is 6.02. The van der Waals surface area contributed by atoms with Gasteiger partial charge in [0.1, 0.15) is 11.4 Å². The van der Waals surface area contributed by atoms with Crippen LogP contribution in [0.2, 0.25) is 0 Å². The molecule has 2 rings (SSSR count). The van der Waals surface area contributed by atoms with Crippen molar-refractivity contribution in [3.05, 3.63) is 42.2 Å². The van der Waals surface area contributed by atoms with Crippen LogP contribution in [0.4, 0.5) is 13.2 Å². The van der Waals surface area contributed by atoms with Gasteiger partial charge in [0.15, 0.2) is 0 Å². The summed E-state index contributed by atoms with van der Waals surface area (Å²) in [6.07, 6.45) is -2.40. The first-order chi connectivity index (χ1) is 10.7. The van der Waals surface area contributed by atoms with Crippen LogP contribution in [0.5, 0.6) is 0 Å². The molecule has 0 radical (unpaired) electrons. The SMILES string of the molecule is CN(CC#N)S(=O)(=O)c1cnn(-c2cccc(C(F)(F)F)c2)c1. The van der Waals surface area contributed by atoms with Gasteiger partial charge in [-0.05, 0) is 18.2 Å². The van der Waals surface area contributed by atoms with Crippen molar-refractivity contribution in [2.24, 2.45) is 0 Å². The fraction of sp³-hybridized carbons (Fsp3) is 0.231. The van der Waals surface area contributed by atoms with Crippen molar-refractivity contribution in [2.45, 2.75) is 11.1 Å². The zero-order chi connectivity index (χ0) is 17.3. The lowest BCUT2D eigenvalue weighted by Crippen LogP contribution is -2.26. The van der Waals surface area contributed by atoms with Crippen LogP contribution in [-0.2, 0) is 16.2 Å². The lowest BCUT2D eigenvalue weighted by molar-refractivity contribution is -0.137. The van der Waals surface area contributed by atoms with Gasteiger partial charge in [-0.25, -0.2) is 13.1 Å². The molecule has 23 heavy (non-hydrogen) atoms. The Kier molecular flexibility index (Phi) is 4.44.